The van der Waals surface area contributed by atoms with Gasteiger partial charge in [0.2, 0.25) is 11.8 Å². The van der Waals surface area contributed by atoms with Gasteiger partial charge in [-0.1, -0.05) is 6.92 Å². The summed E-state index contributed by atoms with van der Waals surface area (Å²) in [5, 5.41) is 8.81. The van der Waals surface area contributed by atoms with Crippen LogP contribution >= 0.6 is 0 Å². The molecule has 6 heteroatoms. The zero-order valence-electron chi connectivity index (χ0n) is 11.9. The van der Waals surface area contributed by atoms with Crippen molar-refractivity contribution in [1.29, 1.82) is 0 Å². The number of nitrogens with one attached hydrogen (secondary N) is 3. The first-order valence-electron chi connectivity index (χ1n) is 6.89. The maximum atomic E-state index is 12.1. The minimum absolute atomic E-state index is 0.0599. The molecule has 2 amide bonds. The Morgan fingerprint density at radius 3 is 2.68 bits per heavy atom. The summed E-state index contributed by atoms with van der Waals surface area (Å²) in [5.41, 5.74) is -0.285. The molecule has 0 saturated carbocycles. The minimum atomic E-state index is -0.285. The monoisotopic (exact) mass is 271 g/mol. The lowest BCUT2D eigenvalue weighted by atomic mass is 9.83. The van der Waals surface area contributed by atoms with E-state index in [4.69, 9.17) is 4.74 Å². The predicted octanol–water partition coefficient (Wildman–Crippen LogP) is -0.355. The summed E-state index contributed by atoms with van der Waals surface area (Å²) in [6.45, 7) is 5.05. The Bertz CT molecular complexity index is 302. The molecular formula is C13H25N3O3. The molecule has 1 heterocycles. The van der Waals surface area contributed by atoms with Gasteiger partial charge in [0.1, 0.15) is 0 Å². The summed E-state index contributed by atoms with van der Waals surface area (Å²) in [7, 11) is 1.59. The third-order valence-electron chi connectivity index (χ3n) is 3.67. The first-order chi connectivity index (χ1) is 9.14. The van der Waals surface area contributed by atoms with Gasteiger partial charge >= 0.3 is 0 Å². The highest BCUT2D eigenvalue weighted by atomic mass is 16.5. The summed E-state index contributed by atoms with van der Waals surface area (Å²) in [4.78, 5) is 23.6. The smallest absolute Gasteiger partial charge is 0.227 e. The first-order valence-corrected chi connectivity index (χ1v) is 6.89. The fourth-order valence-electron chi connectivity index (χ4n) is 2.26. The first kappa shape index (κ1) is 15.9. The highest BCUT2D eigenvalue weighted by Gasteiger charge is 2.39. The zero-order valence-corrected chi connectivity index (χ0v) is 11.9. The third-order valence-corrected chi connectivity index (χ3v) is 3.67. The molecule has 1 atom stereocenters. The Kier molecular flexibility index (Phi) is 6.80. The molecule has 0 aliphatic carbocycles. The summed E-state index contributed by atoms with van der Waals surface area (Å²) < 4.78 is 4.84. The Morgan fingerprint density at radius 2 is 2.11 bits per heavy atom. The van der Waals surface area contributed by atoms with Crippen molar-refractivity contribution in [2.75, 3.05) is 39.9 Å². The summed E-state index contributed by atoms with van der Waals surface area (Å²) in [6, 6.07) is 0. The molecular weight excluding hydrogens is 246 g/mol. The van der Waals surface area contributed by atoms with E-state index in [1.807, 2.05) is 6.92 Å². The van der Waals surface area contributed by atoms with Gasteiger partial charge in [0.15, 0.2) is 0 Å². The molecule has 0 aromatic rings. The number of rotatable bonds is 8. The van der Waals surface area contributed by atoms with Gasteiger partial charge in [0, 0.05) is 33.2 Å². The second kappa shape index (κ2) is 8.12. The Morgan fingerprint density at radius 1 is 1.32 bits per heavy atom. The zero-order chi connectivity index (χ0) is 14.1. The van der Waals surface area contributed by atoms with Crippen molar-refractivity contribution < 1.29 is 14.3 Å². The molecule has 0 aromatic heterocycles. The molecule has 0 bridgehead atoms. The summed E-state index contributed by atoms with van der Waals surface area (Å²) >= 11 is 0. The van der Waals surface area contributed by atoms with Crippen LogP contribution in [0.15, 0.2) is 0 Å². The number of amides is 2. The van der Waals surface area contributed by atoms with Crippen molar-refractivity contribution in [2.45, 2.75) is 26.2 Å². The molecule has 0 aromatic carbocycles. The van der Waals surface area contributed by atoms with E-state index in [-0.39, 0.29) is 17.2 Å². The predicted molar refractivity (Wildman–Crippen MR) is 72.7 cm³/mol. The van der Waals surface area contributed by atoms with Crippen LogP contribution in [0.25, 0.3) is 0 Å². The highest BCUT2D eigenvalue weighted by Crippen LogP contribution is 2.29. The van der Waals surface area contributed by atoms with Crippen molar-refractivity contribution in [2.24, 2.45) is 5.41 Å². The lowest BCUT2D eigenvalue weighted by Gasteiger charge is -2.25. The second-order valence-electron chi connectivity index (χ2n) is 4.91. The van der Waals surface area contributed by atoms with Gasteiger partial charge in [-0.2, -0.15) is 0 Å². The Labute approximate surface area is 114 Å². The van der Waals surface area contributed by atoms with Crippen molar-refractivity contribution in [1.82, 2.24) is 16.0 Å². The van der Waals surface area contributed by atoms with Crippen LogP contribution in [-0.2, 0) is 14.3 Å². The average molecular weight is 271 g/mol. The number of hydrogen-bond acceptors (Lipinski definition) is 4. The second-order valence-corrected chi connectivity index (χ2v) is 4.91. The maximum absolute atomic E-state index is 12.1. The normalized spacial score (nSPS) is 22.2. The van der Waals surface area contributed by atoms with E-state index in [2.05, 4.69) is 16.0 Å². The van der Waals surface area contributed by atoms with Gasteiger partial charge in [-0.15, -0.1) is 0 Å². The molecule has 1 rings (SSSR count). The van der Waals surface area contributed by atoms with Gasteiger partial charge in [-0.05, 0) is 19.4 Å². The van der Waals surface area contributed by atoms with Crippen LogP contribution in [0, 0.1) is 5.41 Å². The van der Waals surface area contributed by atoms with Crippen LogP contribution in [0.1, 0.15) is 26.2 Å². The van der Waals surface area contributed by atoms with Gasteiger partial charge < -0.3 is 20.7 Å². The van der Waals surface area contributed by atoms with E-state index in [0.29, 0.717) is 26.1 Å². The standard InChI is InChI=1S/C13H25N3O3/c1-3-13(5-7-14-10-13)12(18)16-6-4-11(17)15-8-9-19-2/h14H,3-10H2,1-2H3,(H,15,17)(H,16,18). The van der Waals surface area contributed by atoms with Gasteiger partial charge in [0.05, 0.1) is 12.0 Å². The van der Waals surface area contributed by atoms with Gasteiger partial charge in [0.25, 0.3) is 0 Å². The fraction of sp³-hybridized carbons (Fsp3) is 0.846. The van der Waals surface area contributed by atoms with Gasteiger partial charge in [-0.3, -0.25) is 9.59 Å². The van der Waals surface area contributed by atoms with E-state index in [1.165, 1.54) is 0 Å². The summed E-state index contributed by atoms with van der Waals surface area (Å²) in [5.74, 6) is -0.00265. The number of carbonyl (C=O) groups is 2. The van der Waals surface area contributed by atoms with Crippen LogP contribution < -0.4 is 16.0 Å². The number of ether oxygens (including phenoxy) is 1. The van der Waals surface area contributed by atoms with Gasteiger partial charge in [-0.25, -0.2) is 0 Å². The van der Waals surface area contributed by atoms with Crippen molar-refractivity contribution in [3.05, 3.63) is 0 Å². The molecule has 0 spiro atoms. The number of methoxy groups -OCH3 is 1. The van der Waals surface area contributed by atoms with E-state index in [0.717, 1.165) is 25.9 Å². The number of carbonyl (C=O) groups excluding carboxylic acids is 2. The topological polar surface area (TPSA) is 79.5 Å². The highest BCUT2D eigenvalue weighted by molar-refractivity contribution is 5.84. The van der Waals surface area contributed by atoms with Crippen molar-refractivity contribution >= 4 is 11.8 Å². The molecule has 110 valence electrons. The molecule has 1 saturated heterocycles. The number of hydrogen-bond donors (Lipinski definition) is 3. The Hall–Kier alpha value is -1.14. The third kappa shape index (κ3) is 4.80. The molecule has 1 unspecified atom stereocenters. The van der Waals surface area contributed by atoms with Crippen molar-refractivity contribution in [3.63, 3.8) is 0 Å². The fourth-order valence-corrected chi connectivity index (χ4v) is 2.26. The van der Waals surface area contributed by atoms with E-state index < -0.39 is 0 Å². The van der Waals surface area contributed by atoms with Crippen LogP contribution in [-0.4, -0.2) is 51.7 Å². The molecule has 1 aliphatic rings. The van der Waals surface area contributed by atoms with E-state index in [1.54, 1.807) is 7.11 Å². The lowest BCUT2D eigenvalue weighted by Crippen LogP contribution is -2.43. The van der Waals surface area contributed by atoms with Crippen LogP contribution in [0.2, 0.25) is 0 Å². The lowest BCUT2D eigenvalue weighted by molar-refractivity contribution is -0.130. The van der Waals surface area contributed by atoms with Crippen LogP contribution in [0.5, 0.6) is 0 Å². The molecule has 3 N–H and O–H groups in total. The largest absolute Gasteiger partial charge is 0.383 e. The SMILES string of the molecule is CCC1(C(=O)NCCC(=O)NCCOC)CCNC1. The molecule has 19 heavy (non-hydrogen) atoms. The Balaban J connectivity index is 2.21. The molecule has 1 fully saturated rings. The quantitative estimate of drug-likeness (QED) is 0.527. The van der Waals surface area contributed by atoms with E-state index in [9.17, 15) is 9.59 Å². The van der Waals surface area contributed by atoms with Crippen LogP contribution in [0.3, 0.4) is 0 Å². The van der Waals surface area contributed by atoms with Crippen molar-refractivity contribution in [3.8, 4) is 0 Å². The molecule has 0 radical (unpaired) electrons. The average Bonchev–Trinajstić information content (AvgIpc) is 2.89. The molecule has 6 nitrogen and oxygen atoms in total. The van der Waals surface area contributed by atoms with E-state index >= 15 is 0 Å². The molecule has 1 aliphatic heterocycles. The van der Waals surface area contributed by atoms with Crippen LogP contribution in [0.4, 0.5) is 0 Å². The minimum Gasteiger partial charge on any atom is -0.383 e. The summed E-state index contributed by atoms with van der Waals surface area (Å²) in [6.07, 6.45) is 2.00. The maximum Gasteiger partial charge on any atom is 0.227 e.